The normalized spacial score (nSPS) is 46.4. The molecule has 0 heterocycles. The van der Waals surface area contributed by atoms with Gasteiger partial charge >= 0.3 is 0 Å². The Hall–Kier alpha value is -1.31. The van der Waals surface area contributed by atoms with E-state index in [4.69, 9.17) is 0 Å². The lowest BCUT2D eigenvalue weighted by Gasteiger charge is -2.68. The fourth-order valence-electron chi connectivity index (χ4n) is 11.6. The molecule has 0 aromatic heterocycles. The van der Waals surface area contributed by atoms with Gasteiger partial charge in [0, 0.05) is 14.1 Å². The lowest BCUT2D eigenvalue weighted by Crippen LogP contribution is -2.62. The molecule has 2 nitrogen and oxygen atoms in total. The molecule has 0 spiro atoms. The Morgan fingerprint density at radius 1 is 0.943 bits per heavy atom. The summed E-state index contributed by atoms with van der Waals surface area (Å²) in [5.41, 5.74) is 3.93. The standard InChI is InChI=1S/C33H51NO/c1-9-11-22(2)24-15-19-32(6)27(30(24,3)4)17-20-31(5)25-16-21-33(29(35)34(7)8)18-10-12-26(33)23(25)13-14-28(31)32/h9,11,15,23,25-28H,1,10,12-14,16-21H2,2-8H3/b22-11+. The summed E-state index contributed by atoms with van der Waals surface area (Å²) in [5.74, 6) is 4.17. The van der Waals surface area contributed by atoms with Crippen LogP contribution in [0.1, 0.15) is 98.8 Å². The van der Waals surface area contributed by atoms with Crippen molar-refractivity contribution < 1.29 is 4.79 Å². The van der Waals surface area contributed by atoms with Crippen molar-refractivity contribution in [2.24, 2.45) is 51.2 Å². The number of rotatable bonds is 3. The Morgan fingerprint density at radius 3 is 2.37 bits per heavy atom. The minimum Gasteiger partial charge on any atom is -0.348 e. The van der Waals surface area contributed by atoms with Crippen molar-refractivity contribution in [1.82, 2.24) is 4.90 Å². The van der Waals surface area contributed by atoms with E-state index in [9.17, 15) is 4.79 Å². The highest BCUT2D eigenvalue weighted by atomic mass is 16.2. The summed E-state index contributed by atoms with van der Waals surface area (Å²) in [6, 6.07) is 0. The fourth-order valence-corrected chi connectivity index (χ4v) is 11.6. The molecule has 4 fully saturated rings. The van der Waals surface area contributed by atoms with E-state index in [2.05, 4.69) is 53.3 Å². The van der Waals surface area contributed by atoms with Crippen molar-refractivity contribution in [3.8, 4) is 0 Å². The number of amides is 1. The van der Waals surface area contributed by atoms with Crippen LogP contribution in [0.5, 0.6) is 0 Å². The summed E-state index contributed by atoms with van der Waals surface area (Å²) in [4.78, 5) is 15.4. The molecule has 194 valence electrons. The van der Waals surface area contributed by atoms with Crippen LogP contribution in [0.15, 0.2) is 36.0 Å². The SMILES string of the molecule is C=C/C=C(\C)C1=CCC2(C)C(CCC3(C)C4CCC5(C(=O)N(C)C)CCCC5C4CCC32)C1(C)C. The van der Waals surface area contributed by atoms with Crippen LogP contribution < -0.4 is 0 Å². The molecule has 2 heteroatoms. The smallest absolute Gasteiger partial charge is 0.228 e. The predicted molar refractivity (Wildman–Crippen MR) is 147 cm³/mol. The average Bonchev–Trinajstić information content (AvgIpc) is 3.23. The molecule has 0 N–H and O–H groups in total. The first-order valence-electron chi connectivity index (χ1n) is 14.7. The highest BCUT2D eigenvalue weighted by Crippen LogP contribution is 2.73. The van der Waals surface area contributed by atoms with E-state index in [1.807, 2.05) is 25.1 Å². The zero-order valence-corrected chi connectivity index (χ0v) is 23.8. The van der Waals surface area contributed by atoms with Gasteiger partial charge in [0.25, 0.3) is 0 Å². The second-order valence-corrected chi connectivity index (χ2v) is 14.5. The number of carbonyl (C=O) groups is 1. The van der Waals surface area contributed by atoms with E-state index >= 15 is 0 Å². The zero-order chi connectivity index (χ0) is 25.4. The lowest BCUT2D eigenvalue weighted by atomic mass is 9.36. The Balaban J connectivity index is 1.48. The topological polar surface area (TPSA) is 20.3 Å². The molecule has 0 saturated heterocycles. The maximum absolute atomic E-state index is 13.5. The van der Waals surface area contributed by atoms with Crippen LogP contribution in [0.25, 0.3) is 0 Å². The molecule has 0 bridgehead atoms. The Bertz CT molecular complexity index is 954. The number of allylic oxidation sites excluding steroid dienone is 5. The minimum absolute atomic E-state index is 0.0472. The maximum Gasteiger partial charge on any atom is 0.228 e. The Morgan fingerprint density at radius 2 is 1.69 bits per heavy atom. The van der Waals surface area contributed by atoms with Gasteiger partial charge in [-0.2, -0.15) is 0 Å². The van der Waals surface area contributed by atoms with Crippen molar-refractivity contribution in [3.63, 3.8) is 0 Å². The highest BCUT2D eigenvalue weighted by molar-refractivity contribution is 5.83. The summed E-state index contributed by atoms with van der Waals surface area (Å²) in [6.45, 7) is 16.6. The van der Waals surface area contributed by atoms with E-state index < -0.39 is 0 Å². The van der Waals surface area contributed by atoms with Gasteiger partial charge in [-0.25, -0.2) is 0 Å². The van der Waals surface area contributed by atoms with Gasteiger partial charge < -0.3 is 4.90 Å². The van der Waals surface area contributed by atoms with Gasteiger partial charge in [0.05, 0.1) is 5.41 Å². The molecule has 8 unspecified atom stereocenters. The molecule has 4 saturated carbocycles. The van der Waals surface area contributed by atoms with Gasteiger partial charge in [-0.15, -0.1) is 0 Å². The van der Waals surface area contributed by atoms with Crippen LogP contribution in [0.3, 0.4) is 0 Å². The van der Waals surface area contributed by atoms with Crippen LogP contribution in [-0.4, -0.2) is 24.9 Å². The van der Waals surface area contributed by atoms with Gasteiger partial charge in [-0.05, 0) is 122 Å². The molecule has 5 aliphatic carbocycles. The summed E-state index contributed by atoms with van der Waals surface area (Å²) in [7, 11) is 3.97. The van der Waals surface area contributed by atoms with Crippen LogP contribution in [-0.2, 0) is 4.79 Å². The van der Waals surface area contributed by atoms with Gasteiger partial charge in [-0.1, -0.05) is 58.9 Å². The van der Waals surface area contributed by atoms with E-state index in [-0.39, 0.29) is 10.8 Å². The molecular formula is C33H51NO. The number of fused-ring (bicyclic) bond motifs is 7. The first kappa shape index (κ1) is 25.3. The molecule has 1 amide bonds. The van der Waals surface area contributed by atoms with E-state index in [1.54, 1.807) is 5.57 Å². The predicted octanol–water partition coefficient (Wildman–Crippen LogP) is 8.21. The number of hydrogen-bond acceptors (Lipinski definition) is 1. The Labute approximate surface area is 215 Å². The van der Waals surface area contributed by atoms with E-state index in [0.29, 0.717) is 22.7 Å². The average molecular weight is 478 g/mol. The molecular weight excluding hydrogens is 426 g/mol. The summed E-state index contributed by atoms with van der Waals surface area (Å²) >= 11 is 0. The highest BCUT2D eigenvalue weighted by Gasteiger charge is 2.66. The third kappa shape index (κ3) is 3.36. The molecule has 8 atom stereocenters. The van der Waals surface area contributed by atoms with Crippen molar-refractivity contribution in [1.29, 1.82) is 0 Å². The monoisotopic (exact) mass is 477 g/mol. The van der Waals surface area contributed by atoms with Crippen LogP contribution in [0.2, 0.25) is 0 Å². The van der Waals surface area contributed by atoms with Crippen molar-refractivity contribution in [2.45, 2.75) is 98.8 Å². The van der Waals surface area contributed by atoms with Crippen molar-refractivity contribution >= 4 is 5.91 Å². The van der Waals surface area contributed by atoms with E-state index in [0.717, 1.165) is 36.5 Å². The van der Waals surface area contributed by atoms with E-state index in [1.165, 1.54) is 56.9 Å². The summed E-state index contributed by atoms with van der Waals surface area (Å²) in [5, 5.41) is 0. The summed E-state index contributed by atoms with van der Waals surface area (Å²) in [6.07, 6.45) is 19.5. The zero-order valence-electron chi connectivity index (χ0n) is 23.8. The quantitative estimate of drug-likeness (QED) is 0.375. The van der Waals surface area contributed by atoms with Crippen LogP contribution in [0, 0.1) is 51.2 Å². The Kier molecular flexibility index (Phi) is 6.05. The molecule has 5 aliphatic rings. The number of nitrogens with zero attached hydrogens (tertiary/aromatic N) is 1. The molecule has 0 aliphatic heterocycles. The van der Waals surface area contributed by atoms with Gasteiger partial charge in [0.15, 0.2) is 0 Å². The summed E-state index contributed by atoms with van der Waals surface area (Å²) < 4.78 is 0. The second-order valence-electron chi connectivity index (χ2n) is 14.5. The third-order valence-corrected chi connectivity index (χ3v) is 12.7. The van der Waals surface area contributed by atoms with Crippen molar-refractivity contribution in [2.75, 3.05) is 14.1 Å². The molecule has 0 aromatic carbocycles. The molecule has 35 heavy (non-hydrogen) atoms. The van der Waals surface area contributed by atoms with Gasteiger partial charge in [0.1, 0.15) is 0 Å². The maximum atomic E-state index is 13.5. The van der Waals surface area contributed by atoms with Gasteiger partial charge in [0.2, 0.25) is 5.91 Å². The molecule has 0 aromatic rings. The minimum atomic E-state index is -0.0472. The lowest BCUT2D eigenvalue weighted by molar-refractivity contribution is -0.186. The number of hydrogen-bond donors (Lipinski definition) is 0. The van der Waals surface area contributed by atoms with Crippen LogP contribution >= 0.6 is 0 Å². The molecule has 0 radical (unpaired) electrons. The third-order valence-electron chi connectivity index (χ3n) is 12.7. The van der Waals surface area contributed by atoms with Crippen LogP contribution in [0.4, 0.5) is 0 Å². The largest absolute Gasteiger partial charge is 0.348 e. The number of carbonyl (C=O) groups excluding carboxylic acids is 1. The molecule has 5 rings (SSSR count). The fraction of sp³-hybridized carbons (Fsp3) is 0.788. The first-order chi connectivity index (χ1) is 16.4. The van der Waals surface area contributed by atoms with Gasteiger partial charge in [-0.3, -0.25) is 4.79 Å². The second kappa shape index (κ2) is 8.35. The first-order valence-corrected chi connectivity index (χ1v) is 14.7. The van der Waals surface area contributed by atoms with Crippen molar-refractivity contribution in [3.05, 3.63) is 36.0 Å².